The van der Waals surface area contributed by atoms with E-state index in [1.807, 2.05) is 0 Å². The predicted octanol–water partition coefficient (Wildman–Crippen LogP) is 2.05. The lowest BCUT2D eigenvalue weighted by molar-refractivity contribution is -0.121. The molecule has 92 valence electrons. The lowest BCUT2D eigenvalue weighted by atomic mass is 9.99. The molecule has 2 rings (SSSR count). The van der Waals surface area contributed by atoms with Gasteiger partial charge in [-0.05, 0) is 38.4 Å². The van der Waals surface area contributed by atoms with Crippen molar-refractivity contribution in [3.8, 4) is 0 Å². The molecule has 0 bridgehead atoms. The van der Waals surface area contributed by atoms with Crippen molar-refractivity contribution in [1.82, 2.24) is 5.32 Å². The van der Waals surface area contributed by atoms with Gasteiger partial charge in [-0.3, -0.25) is 4.79 Å². The second kappa shape index (κ2) is 4.41. The summed E-state index contributed by atoms with van der Waals surface area (Å²) in [6.45, 7) is 2.59. The third kappa shape index (κ3) is 2.44. The minimum atomic E-state index is -0.965. The Labute approximate surface area is 98.2 Å². The highest BCUT2D eigenvalue weighted by Crippen LogP contribution is 2.21. The average Bonchev–Trinajstić information content (AvgIpc) is 2.72. The van der Waals surface area contributed by atoms with Gasteiger partial charge in [0.05, 0.1) is 5.54 Å². The molecule has 0 radical (unpaired) electrons. The Morgan fingerprint density at radius 1 is 1.41 bits per heavy atom. The lowest BCUT2D eigenvalue weighted by Crippen LogP contribution is -2.47. The summed E-state index contributed by atoms with van der Waals surface area (Å²) in [5.41, 5.74) is -0.353. The second-order valence-corrected chi connectivity index (χ2v) is 4.45. The summed E-state index contributed by atoms with van der Waals surface area (Å²) in [6.07, 6.45) is 1.67. The van der Waals surface area contributed by atoms with Gasteiger partial charge in [0, 0.05) is 11.8 Å². The molecule has 1 aliphatic rings. The molecule has 1 atom stereocenters. The molecule has 1 saturated heterocycles. The fraction of sp³-hybridized carbons (Fsp3) is 0.417. The van der Waals surface area contributed by atoms with E-state index in [9.17, 15) is 13.6 Å². The zero-order valence-corrected chi connectivity index (χ0v) is 9.52. The molecule has 17 heavy (non-hydrogen) atoms. The molecule has 0 saturated carbocycles. The van der Waals surface area contributed by atoms with Crippen LogP contribution in [0.2, 0.25) is 0 Å². The van der Waals surface area contributed by atoms with Gasteiger partial charge in [0.2, 0.25) is 5.91 Å². The molecule has 1 amide bonds. The zero-order chi connectivity index (χ0) is 12.5. The maximum atomic E-state index is 13.0. The molecule has 3 nitrogen and oxygen atoms in total. The standard InChI is InChI=1S/C12H14F2N2O/c1-12(5-2-6-15-12)11(17)16-8-3-4-9(13)10(14)7-8/h3-4,7,15H,2,5-6H2,1H3,(H,16,17). The SMILES string of the molecule is CC1(C(=O)Nc2ccc(F)c(F)c2)CCCN1. The minimum absolute atomic E-state index is 0.221. The highest BCUT2D eigenvalue weighted by Gasteiger charge is 2.35. The van der Waals surface area contributed by atoms with Crippen molar-refractivity contribution in [3.05, 3.63) is 29.8 Å². The highest BCUT2D eigenvalue weighted by molar-refractivity contribution is 5.98. The first kappa shape index (κ1) is 12.0. The molecule has 0 spiro atoms. The van der Waals surface area contributed by atoms with Crippen LogP contribution in [0, 0.1) is 11.6 Å². The van der Waals surface area contributed by atoms with Crippen LogP contribution >= 0.6 is 0 Å². The fourth-order valence-corrected chi connectivity index (χ4v) is 1.93. The number of hydrogen-bond acceptors (Lipinski definition) is 2. The summed E-state index contributed by atoms with van der Waals surface area (Å²) >= 11 is 0. The quantitative estimate of drug-likeness (QED) is 0.830. The van der Waals surface area contributed by atoms with Crippen molar-refractivity contribution in [1.29, 1.82) is 0 Å². The molecule has 2 N–H and O–H groups in total. The summed E-state index contributed by atoms with van der Waals surface area (Å²) in [4.78, 5) is 11.9. The van der Waals surface area contributed by atoms with Gasteiger partial charge in [-0.25, -0.2) is 8.78 Å². The van der Waals surface area contributed by atoms with E-state index in [2.05, 4.69) is 10.6 Å². The van der Waals surface area contributed by atoms with Gasteiger partial charge in [-0.2, -0.15) is 0 Å². The Kier molecular flexibility index (Phi) is 3.11. The topological polar surface area (TPSA) is 41.1 Å². The number of carbonyl (C=O) groups is 1. The Hall–Kier alpha value is -1.49. The molecule has 1 heterocycles. The Morgan fingerprint density at radius 2 is 2.18 bits per heavy atom. The number of benzene rings is 1. The van der Waals surface area contributed by atoms with Crippen LogP contribution in [0.15, 0.2) is 18.2 Å². The molecule has 0 aromatic heterocycles. The van der Waals surface area contributed by atoms with Crippen molar-refractivity contribution in [3.63, 3.8) is 0 Å². The van der Waals surface area contributed by atoms with Crippen molar-refractivity contribution < 1.29 is 13.6 Å². The van der Waals surface area contributed by atoms with Crippen LogP contribution in [0.25, 0.3) is 0 Å². The number of nitrogens with one attached hydrogen (secondary N) is 2. The van der Waals surface area contributed by atoms with Gasteiger partial charge in [0.25, 0.3) is 0 Å². The monoisotopic (exact) mass is 240 g/mol. The van der Waals surface area contributed by atoms with Crippen molar-refractivity contribution in [2.45, 2.75) is 25.3 Å². The van der Waals surface area contributed by atoms with Crippen LogP contribution in [0.5, 0.6) is 0 Å². The Balaban J connectivity index is 2.10. The van der Waals surface area contributed by atoms with Gasteiger partial charge in [0.15, 0.2) is 11.6 Å². The normalized spacial score (nSPS) is 23.7. The second-order valence-electron chi connectivity index (χ2n) is 4.45. The summed E-state index contributed by atoms with van der Waals surface area (Å²) < 4.78 is 25.7. The van der Waals surface area contributed by atoms with E-state index < -0.39 is 17.2 Å². The third-order valence-corrected chi connectivity index (χ3v) is 3.05. The number of hydrogen-bond donors (Lipinski definition) is 2. The van der Waals surface area contributed by atoms with Crippen LogP contribution < -0.4 is 10.6 Å². The molecular formula is C12H14F2N2O. The molecule has 0 aliphatic carbocycles. The lowest BCUT2D eigenvalue weighted by Gasteiger charge is -2.23. The molecule has 1 aromatic rings. The average molecular weight is 240 g/mol. The van der Waals surface area contributed by atoms with E-state index in [-0.39, 0.29) is 11.6 Å². The maximum Gasteiger partial charge on any atom is 0.244 e. The Bertz CT molecular complexity index is 442. The first-order chi connectivity index (χ1) is 8.01. The number of rotatable bonds is 2. The largest absolute Gasteiger partial charge is 0.324 e. The van der Waals surface area contributed by atoms with Gasteiger partial charge < -0.3 is 10.6 Å². The van der Waals surface area contributed by atoms with E-state index in [4.69, 9.17) is 0 Å². The number of halogens is 2. The first-order valence-corrected chi connectivity index (χ1v) is 5.53. The van der Waals surface area contributed by atoms with Crippen molar-refractivity contribution in [2.24, 2.45) is 0 Å². The van der Waals surface area contributed by atoms with Crippen molar-refractivity contribution in [2.75, 3.05) is 11.9 Å². The van der Waals surface area contributed by atoms with Gasteiger partial charge in [-0.1, -0.05) is 0 Å². The first-order valence-electron chi connectivity index (χ1n) is 5.53. The highest BCUT2D eigenvalue weighted by atomic mass is 19.2. The Morgan fingerprint density at radius 3 is 2.76 bits per heavy atom. The van der Waals surface area contributed by atoms with E-state index in [0.717, 1.165) is 31.5 Å². The fourth-order valence-electron chi connectivity index (χ4n) is 1.93. The van der Waals surface area contributed by atoms with Crippen LogP contribution in [-0.4, -0.2) is 18.0 Å². The zero-order valence-electron chi connectivity index (χ0n) is 9.52. The van der Waals surface area contributed by atoms with E-state index >= 15 is 0 Å². The number of anilines is 1. The van der Waals surface area contributed by atoms with Crippen LogP contribution in [0.3, 0.4) is 0 Å². The van der Waals surface area contributed by atoms with Crippen LogP contribution in [-0.2, 0) is 4.79 Å². The van der Waals surface area contributed by atoms with Gasteiger partial charge in [0.1, 0.15) is 0 Å². The summed E-state index contributed by atoms with van der Waals surface area (Å²) in [5.74, 6) is -2.11. The molecular weight excluding hydrogens is 226 g/mol. The number of amides is 1. The molecule has 5 heteroatoms. The van der Waals surface area contributed by atoms with Crippen molar-refractivity contribution >= 4 is 11.6 Å². The maximum absolute atomic E-state index is 13.0. The third-order valence-electron chi connectivity index (χ3n) is 3.05. The molecule has 1 aliphatic heterocycles. The smallest absolute Gasteiger partial charge is 0.244 e. The summed E-state index contributed by atoms with van der Waals surface area (Å²) in [5, 5.41) is 5.68. The number of carbonyl (C=O) groups excluding carboxylic acids is 1. The van der Waals surface area contributed by atoms with Gasteiger partial charge in [-0.15, -0.1) is 0 Å². The van der Waals surface area contributed by atoms with Crippen LogP contribution in [0.4, 0.5) is 14.5 Å². The minimum Gasteiger partial charge on any atom is -0.324 e. The van der Waals surface area contributed by atoms with E-state index in [1.165, 1.54) is 6.07 Å². The van der Waals surface area contributed by atoms with Gasteiger partial charge >= 0.3 is 0 Å². The molecule has 1 fully saturated rings. The summed E-state index contributed by atoms with van der Waals surface area (Å²) in [6, 6.07) is 3.32. The van der Waals surface area contributed by atoms with E-state index in [1.54, 1.807) is 6.92 Å². The molecule has 1 unspecified atom stereocenters. The van der Waals surface area contributed by atoms with E-state index in [0.29, 0.717) is 0 Å². The predicted molar refractivity (Wildman–Crippen MR) is 60.6 cm³/mol. The van der Waals surface area contributed by atoms with Crippen LogP contribution in [0.1, 0.15) is 19.8 Å². The summed E-state index contributed by atoms with van der Waals surface area (Å²) in [7, 11) is 0. The molecule has 1 aromatic carbocycles.